The van der Waals surface area contributed by atoms with Crippen LogP contribution in [0.15, 0.2) is 0 Å². The summed E-state index contributed by atoms with van der Waals surface area (Å²) in [5.41, 5.74) is -1.11. The summed E-state index contributed by atoms with van der Waals surface area (Å²) in [5.74, 6) is 0. The van der Waals surface area contributed by atoms with Gasteiger partial charge >= 0.3 is 0 Å². The Labute approximate surface area is 122 Å². The number of hydrogen-bond donors (Lipinski definition) is 10. The van der Waals surface area contributed by atoms with Gasteiger partial charge in [-0.2, -0.15) is 0 Å². The lowest BCUT2D eigenvalue weighted by atomic mass is 9.93. The van der Waals surface area contributed by atoms with E-state index in [9.17, 15) is 0 Å². The Kier molecular flexibility index (Phi) is 21.5. The van der Waals surface area contributed by atoms with Crippen molar-refractivity contribution in [3.63, 3.8) is 0 Å². The molecule has 0 unspecified atom stereocenters. The second kappa shape index (κ2) is 17.7. The molecule has 0 aliphatic rings. The molecule has 0 fully saturated rings. The van der Waals surface area contributed by atoms with Crippen LogP contribution in [0.2, 0.25) is 0 Å². The molecule has 0 aliphatic carbocycles. The quantitative estimate of drug-likeness (QED) is 0.205. The third kappa shape index (κ3) is 15.8. The van der Waals surface area contributed by atoms with Crippen molar-refractivity contribution in [2.75, 3.05) is 52.9 Å². The van der Waals surface area contributed by atoms with E-state index in [2.05, 4.69) is 0 Å². The molecule has 0 bridgehead atoms. The van der Waals surface area contributed by atoms with Gasteiger partial charge in [-0.15, -0.1) is 0 Å². The Morgan fingerprint density at radius 1 is 0.476 bits per heavy atom. The molecule has 0 aromatic rings. The van der Waals surface area contributed by atoms with Crippen LogP contribution in [0, 0.1) is 5.41 Å². The predicted octanol–water partition coefficient (Wildman–Crippen LogP) is -5.39. The lowest BCUT2D eigenvalue weighted by molar-refractivity contribution is -0.0328. The molecule has 0 amide bonds. The maximum absolute atomic E-state index is 8.50. The Balaban J connectivity index is -0.000000240. The first-order valence-electron chi connectivity index (χ1n) is 6.09. The van der Waals surface area contributed by atoms with Gasteiger partial charge in [0.15, 0.2) is 0 Å². The van der Waals surface area contributed by atoms with Gasteiger partial charge in [-0.05, 0) is 0 Å². The van der Waals surface area contributed by atoms with Crippen LogP contribution >= 0.6 is 0 Å². The number of aliphatic hydroxyl groups excluding tert-OH is 10. The minimum absolute atomic E-state index is 0.365. The van der Waals surface area contributed by atoms with Crippen molar-refractivity contribution < 1.29 is 51.1 Å². The van der Waals surface area contributed by atoms with Crippen LogP contribution in [0.1, 0.15) is 0 Å². The molecule has 0 aliphatic heterocycles. The van der Waals surface area contributed by atoms with Gasteiger partial charge in [-0.25, -0.2) is 0 Å². The molecule has 132 valence electrons. The van der Waals surface area contributed by atoms with Crippen LogP contribution < -0.4 is 0 Å². The van der Waals surface area contributed by atoms with Crippen LogP contribution in [-0.2, 0) is 0 Å². The van der Waals surface area contributed by atoms with E-state index < -0.39 is 44.1 Å². The highest BCUT2D eigenvalue weighted by molar-refractivity contribution is 4.74. The molecule has 21 heavy (non-hydrogen) atoms. The van der Waals surface area contributed by atoms with Crippen molar-refractivity contribution in [2.24, 2.45) is 5.41 Å². The lowest BCUT2D eigenvalue weighted by Crippen LogP contribution is -2.37. The van der Waals surface area contributed by atoms with E-state index in [0.717, 1.165) is 0 Å². The molecule has 0 radical (unpaired) electrons. The minimum atomic E-state index is -1.11. The summed E-state index contributed by atoms with van der Waals surface area (Å²) >= 11 is 0. The van der Waals surface area contributed by atoms with Gasteiger partial charge in [-0.1, -0.05) is 0 Å². The van der Waals surface area contributed by atoms with Crippen molar-refractivity contribution in [1.29, 1.82) is 0 Å². The fraction of sp³-hybridized carbons (Fsp3) is 1.00. The first-order chi connectivity index (χ1) is 9.86. The van der Waals surface area contributed by atoms with Crippen molar-refractivity contribution in [3.05, 3.63) is 0 Å². The third-order valence-corrected chi connectivity index (χ3v) is 2.18. The zero-order chi connectivity index (χ0) is 17.3. The maximum Gasteiger partial charge on any atom is 0.100 e. The second-order valence-electron chi connectivity index (χ2n) is 4.17. The van der Waals surface area contributed by atoms with Gasteiger partial charge in [0.25, 0.3) is 0 Å². The number of aliphatic hydroxyl groups is 10. The Bertz CT molecular complexity index is 152. The average molecular weight is 320 g/mol. The van der Waals surface area contributed by atoms with Crippen molar-refractivity contribution >= 4 is 0 Å². The molecular formula is C11H28O10. The van der Waals surface area contributed by atoms with Gasteiger partial charge in [0.05, 0.1) is 58.3 Å². The fourth-order valence-corrected chi connectivity index (χ4v) is 0.415. The molecule has 0 saturated heterocycles. The molecule has 10 heteroatoms. The van der Waals surface area contributed by atoms with E-state index in [1.807, 2.05) is 0 Å². The van der Waals surface area contributed by atoms with Crippen molar-refractivity contribution in [3.8, 4) is 0 Å². The maximum atomic E-state index is 8.50. The van der Waals surface area contributed by atoms with Crippen molar-refractivity contribution in [1.82, 2.24) is 0 Å². The van der Waals surface area contributed by atoms with E-state index >= 15 is 0 Å². The largest absolute Gasteiger partial charge is 0.396 e. The third-order valence-electron chi connectivity index (χ3n) is 2.18. The lowest BCUT2D eigenvalue weighted by Gasteiger charge is -2.23. The van der Waals surface area contributed by atoms with Crippen LogP contribution in [0.25, 0.3) is 0 Å². The van der Waals surface area contributed by atoms with E-state index in [1.54, 1.807) is 0 Å². The highest BCUT2D eigenvalue weighted by atomic mass is 16.4. The van der Waals surface area contributed by atoms with Crippen LogP contribution in [-0.4, -0.2) is 116 Å². The average Bonchev–Trinajstić information content (AvgIpc) is 2.57. The second-order valence-corrected chi connectivity index (χ2v) is 4.17. The normalized spacial score (nSPS) is 10.9. The predicted molar refractivity (Wildman–Crippen MR) is 71.1 cm³/mol. The van der Waals surface area contributed by atoms with Crippen LogP contribution in [0.5, 0.6) is 0 Å². The minimum Gasteiger partial charge on any atom is -0.396 e. The first kappa shape index (κ1) is 25.5. The zero-order valence-corrected chi connectivity index (χ0v) is 11.8. The van der Waals surface area contributed by atoms with Gasteiger partial charge in [0.2, 0.25) is 0 Å². The summed E-state index contributed by atoms with van der Waals surface area (Å²) in [5, 5.41) is 82.0. The summed E-state index contributed by atoms with van der Waals surface area (Å²) in [7, 11) is 0. The van der Waals surface area contributed by atoms with Crippen molar-refractivity contribution in [2.45, 2.75) is 12.2 Å². The summed E-state index contributed by atoms with van der Waals surface area (Å²) in [4.78, 5) is 0. The highest BCUT2D eigenvalue weighted by Gasteiger charge is 2.26. The molecule has 0 atom stereocenters. The smallest absolute Gasteiger partial charge is 0.100 e. The van der Waals surface area contributed by atoms with E-state index in [-0.39, 0.29) is 26.4 Å². The summed E-state index contributed by atoms with van der Waals surface area (Å²) in [6.07, 6.45) is -1.91. The molecule has 0 rings (SSSR count). The Morgan fingerprint density at radius 2 is 0.667 bits per heavy atom. The molecule has 0 aromatic heterocycles. The molecular weight excluding hydrogens is 292 g/mol. The topological polar surface area (TPSA) is 202 Å². The number of hydrogen-bond acceptors (Lipinski definition) is 10. The first-order valence-corrected chi connectivity index (χ1v) is 6.09. The van der Waals surface area contributed by atoms with Gasteiger partial charge in [-0.3, -0.25) is 0 Å². The summed E-state index contributed by atoms with van der Waals surface area (Å²) in [6, 6.07) is 0. The Morgan fingerprint density at radius 3 is 0.667 bits per heavy atom. The molecule has 10 nitrogen and oxygen atoms in total. The molecule has 10 N–H and O–H groups in total. The van der Waals surface area contributed by atoms with Gasteiger partial charge in [0.1, 0.15) is 12.2 Å². The Hall–Kier alpha value is -0.400. The highest BCUT2D eigenvalue weighted by Crippen LogP contribution is 2.11. The number of rotatable bonds is 8. The van der Waals surface area contributed by atoms with Gasteiger partial charge in [0, 0.05) is 0 Å². The molecule has 0 spiro atoms. The standard InChI is InChI=1S/C5H12O4.2C3H8O3/c6-1-5(2-7,3-8)4-9;2*4-1-3(6)2-5/h6-9H,1-4H2;2*3-6H,1-2H2. The molecule has 0 heterocycles. The van der Waals surface area contributed by atoms with Crippen LogP contribution in [0.4, 0.5) is 0 Å². The monoisotopic (exact) mass is 320 g/mol. The van der Waals surface area contributed by atoms with Gasteiger partial charge < -0.3 is 51.1 Å². The van der Waals surface area contributed by atoms with Crippen LogP contribution in [0.3, 0.4) is 0 Å². The molecule has 0 saturated carbocycles. The summed E-state index contributed by atoms with van der Waals surface area (Å²) < 4.78 is 0. The zero-order valence-electron chi connectivity index (χ0n) is 11.8. The SMILES string of the molecule is OCC(CO)(CO)CO.OCC(O)CO.OCC(O)CO. The van der Waals surface area contributed by atoms with E-state index in [4.69, 9.17) is 51.1 Å². The molecule has 0 aromatic carbocycles. The van der Waals surface area contributed by atoms with E-state index in [1.165, 1.54) is 0 Å². The summed E-state index contributed by atoms with van der Waals surface area (Å²) in [6.45, 7) is -3.08. The van der Waals surface area contributed by atoms with E-state index in [0.29, 0.717) is 0 Å². The fourth-order valence-electron chi connectivity index (χ4n) is 0.415.